The number of carbonyl (C=O) groups excluding carboxylic acids is 1. The summed E-state index contributed by atoms with van der Waals surface area (Å²) in [7, 11) is 0. The molecule has 0 fully saturated rings. The van der Waals surface area contributed by atoms with Gasteiger partial charge in [-0.05, 0) is 29.7 Å². The zero-order chi connectivity index (χ0) is 22.0. The second-order valence-corrected chi connectivity index (χ2v) is 8.66. The van der Waals surface area contributed by atoms with Gasteiger partial charge in [-0.2, -0.15) is 13.2 Å². The number of halogens is 3. The molecule has 0 radical (unpaired) electrons. The van der Waals surface area contributed by atoms with Crippen molar-refractivity contribution in [3.63, 3.8) is 0 Å². The Morgan fingerprint density at radius 1 is 1.10 bits per heavy atom. The molecule has 10 heteroatoms. The van der Waals surface area contributed by atoms with Gasteiger partial charge in [0.05, 0.1) is 10.2 Å². The summed E-state index contributed by atoms with van der Waals surface area (Å²) in [5.41, 5.74) is 0.921. The van der Waals surface area contributed by atoms with Gasteiger partial charge >= 0.3 is 6.18 Å². The number of H-pyrrole nitrogens is 1. The molecule has 2 N–H and O–H groups in total. The number of rotatable bonds is 6. The summed E-state index contributed by atoms with van der Waals surface area (Å²) < 4.78 is 41.3. The topological polar surface area (TPSA) is 70.7 Å². The van der Waals surface area contributed by atoms with Crippen molar-refractivity contribution in [2.75, 3.05) is 5.32 Å². The van der Waals surface area contributed by atoms with Crippen LogP contribution in [0.5, 0.6) is 0 Å². The van der Waals surface area contributed by atoms with E-state index in [1.165, 1.54) is 16.9 Å². The number of aromatic nitrogens is 3. The van der Waals surface area contributed by atoms with Gasteiger partial charge in [0, 0.05) is 5.75 Å². The van der Waals surface area contributed by atoms with E-state index in [-0.39, 0.29) is 10.3 Å². The molecule has 4 rings (SSSR count). The molecule has 2 heterocycles. The molecule has 0 aliphatic carbocycles. The van der Waals surface area contributed by atoms with Crippen LogP contribution in [0, 0.1) is 0 Å². The maximum Gasteiger partial charge on any atom is 0.433 e. The number of alkyl halides is 3. The Morgan fingerprint density at radius 3 is 2.48 bits per heavy atom. The van der Waals surface area contributed by atoms with Gasteiger partial charge in [-0.15, -0.1) is 0 Å². The normalized spacial score (nSPS) is 11.7. The molecule has 31 heavy (non-hydrogen) atoms. The van der Waals surface area contributed by atoms with Crippen LogP contribution in [-0.2, 0) is 18.3 Å². The lowest BCUT2D eigenvalue weighted by Gasteiger charge is -2.05. The zero-order valence-corrected chi connectivity index (χ0v) is 17.9. The number of hydrogen-bond acceptors (Lipinski definition) is 5. The molecule has 0 atom stereocenters. The second kappa shape index (κ2) is 8.72. The number of amides is 1. The van der Waals surface area contributed by atoms with E-state index in [2.05, 4.69) is 20.3 Å². The van der Waals surface area contributed by atoms with Crippen LogP contribution in [0.1, 0.15) is 34.2 Å². The number of nitrogens with zero attached hydrogens (tertiary/aromatic N) is 2. The van der Waals surface area contributed by atoms with Gasteiger partial charge in [0.15, 0.2) is 21.7 Å². The van der Waals surface area contributed by atoms with Crippen molar-refractivity contribution < 1.29 is 18.0 Å². The highest BCUT2D eigenvalue weighted by molar-refractivity contribution is 7.98. The third-order valence-corrected chi connectivity index (χ3v) is 6.40. The monoisotopic (exact) mass is 462 g/mol. The van der Waals surface area contributed by atoms with Crippen molar-refractivity contribution in [3.8, 4) is 0 Å². The van der Waals surface area contributed by atoms with Gasteiger partial charge < -0.3 is 4.98 Å². The highest BCUT2D eigenvalue weighted by atomic mass is 32.2. The summed E-state index contributed by atoms with van der Waals surface area (Å²) in [4.78, 5) is 23.0. The summed E-state index contributed by atoms with van der Waals surface area (Å²) >= 11 is 2.29. The van der Waals surface area contributed by atoms with Gasteiger partial charge in [0.1, 0.15) is 0 Å². The maximum absolute atomic E-state index is 13.5. The van der Waals surface area contributed by atoms with Gasteiger partial charge in [-0.1, -0.05) is 66.4 Å². The Labute approximate surface area is 184 Å². The highest BCUT2D eigenvalue weighted by Crippen LogP contribution is 2.34. The Balaban J connectivity index is 1.54. The second-order valence-electron chi connectivity index (χ2n) is 6.66. The van der Waals surface area contributed by atoms with E-state index in [0.717, 1.165) is 28.4 Å². The number of thiazole rings is 1. The molecule has 1 amide bonds. The number of nitrogens with one attached hydrogen (secondary N) is 2. The quantitative estimate of drug-likeness (QED) is 0.338. The average molecular weight is 463 g/mol. The third-order valence-electron chi connectivity index (χ3n) is 4.50. The smallest absolute Gasteiger partial charge is 0.329 e. The van der Waals surface area contributed by atoms with Gasteiger partial charge in [0.2, 0.25) is 0 Å². The van der Waals surface area contributed by atoms with E-state index < -0.39 is 23.5 Å². The number of thioether (sulfide) groups is 1. The first-order chi connectivity index (χ1) is 14.8. The van der Waals surface area contributed by atoms with Crippen molar-refractivity contribution in [1.82, 2.24) is 15.0 Å². The number of carbonyl (C=O) groups is 1. The molecule has 0 saturated carbocycles. The molecule has 2 aromatic carbocycles. The summed E-state index contributed by atoms with van der Waals surface area (Å²) in [6.45, 7) is 2.05. The van der Waals surface area contributed by atoms with E-state index in [0.29, 0.717) is 11.3 Å². The van der Waals surface area contributed by atoms with E-state index in [1.54, 1.807) is 12.1 Å². The summed E-state index contributed by atoms with van der Waals surface area (Å²) in [6, 6.07) is 15.0. The minimum Gasteiger partial charge on any atom is -0.329 e. The average Bonchev–Trinajstić information content (AvgIpc) is 3.36. The number of aryl methyl sites for hydroxylation is 1. The molecule has 4 aromatic rings. The molecule has 160 valence electrons. The lowest BCUT2D eigenvalue weighted by molar-refractivity contribution is -0.141. The highest BCUT2D eigenvalue weighted by Gasteiger charge is 2.39. The largest absolute Gasteiger partial charge is 0.433 e. The zero-order valence-electron chi connectivity index (χ0n) is 16.3. The summed E-state index contributed by atoms with van der Waals surface area (Å²) in [5.74, 6) is -0.532. The molecule has 0 bridgehead atoms. The number of para-hydroxylation sites is 1. The molecule has 0 aliphatic rings. The Bertz CT molecular complexity index is 1180. The number of hydrogen-bond donors (Lipinski definition) is 2. The van der Waals surface area contributed by atoms with E-state index in [1.807, 2.05) is 43.3 Å². The number of fused-ring (bicyclic) bond motifs is 1. The first kappa shape index (κ1) is 21.4. The Morgan fingerprint density at radius 2 is 1.81 bits per heavy atom. The molecule has 5 nitrogen and oxygen atoms in total. The van der Waals surface area contributed by atoms with Gasteiger partial charge in [-0.3, -0.25) is 10.1 Å². The van der Waals surface area contributed by atoms with Crippen LogP contribution in [0.15, 0.2) is 53.7 Å². The number of aromatic amines is 1. The first-order valence-electron chi connectivity index (χ1n) is 9.38. The van der Waals surface area contributed by atoms with Crippen molar-refractivity contribution in [2.24, 2.45) is 0 Å². The first-order valence-corrected chi connectivity index (χ1v) is 11.2. The third kappa shape index (κ3) is 4.91. The van der Waals surface area contributed by atoms with Crippen LogP contribution in [0.2, 0.25) is 0 Å². The SMILES string of the molecule is CCc1ccc(CSc2nc(C(=O)Nc3nc4ccccc4s3)c(C(F)(F)F)[nH]2)cc1. The van der Waals surface area contributed by atoms with Crippen LogP contribution in [0.4, 0.5) is 18.3 Å². The number of imidazole rings is 1. The fourth-order valence-electron chi connectivity index (χ4n) is 2.89. The van der Waals surface area contributed by atoms with Crippen LogP contribution in [0.3, 0.4) is 0 Å². The standard InChI is InChI=1S/C21H17F3N4OS2/c1-2-12-7-9-13(10-8-12)11-30-19-26-16(17(27-19)21(22,23)24)18(29)28-20-25-14-5-3-4-6-15(14)31-20/h3-10H,2,11H2,1H3,(H,26,27)(H,25,28,29). The Hall–Kier alpha value is -2.85. The predicted octanol–water partition coefficient (Wildman–Crippen LogP) is 6.15. The fraction of sp³-hybridized carbons (Fsp3) is 0.190. The lowest BCUT2D eigenvalue weighted by Crippen LogP contribution is -2.18. The van der Waals surface area contributed by atoms with Gasteiger partial charge in [-0.25, -0.2) is 9.97 Å². The number of benzene rings is 2. The minimum atomic E-state index is -4.74. The molecule has 2 aromatic heterocycles. The van der Waals surface area contributed by atoms with Crippen LogP contribution >= 0.6 is 23.1 Å². The molecular formula is C21H17F3N4OS2. The number of anilines is 1. The van der Waals surface area contributed by atoms with Crippen LogP contribution in [0.25, 0.3) is 10.2 Å². The van der Waals surface area contributed by atoms with Gasteiger partial charge in [0.25, 0.3) is 5.91 Å². The van der Waals surface area contributed by atoms with Crippen molar-refractivity contribution in [3.05, 3.63) is 71.0 Å². The van der Waals surface area contributed by atoms with E-state index in [4.69, 9.17) is 0 Å². The molecular weight excluding hydrogens is 445 g/mol. The van der Waals surface area contributed by atoms with Crippen LogP contribution in [-0.4, -0.2) is 20.9 Å². The minimum absolute atomic E-state index is 0.0290. The molecule has 0 aliphatic heterocycles. The molecule has 0 unspecified atom stereocenters. The molecule has 0 saturated heterocycles. The van der Waals surface area contributed by atoms with E-state index in [9.17, 15) is 18.0 Å². The summed E-state index contributed by atoms with van der Waals surface area (Å²) in [5, 5.41) is 2.68. The van der Waals surface area contributed by atoms with Crippen molar-refractivity contribution in [2.45, 2.75) is 30.4 Å². The molecule has 0 spiro atoms. The maximum atomic E-state index is 13.5. The summed E-state index contributed by atoms with van der Waals surface area (Å²) in [6.07, 6.45) is -3.83. The van der Waals surface area contributed by atoms with Crippen LogP contribution < -0.4 is 5.32 Å². The predicted molar refractivity (Wildman–Crippen MR) is 117 cm³/mol. The van der Waals surface area contributed by atoms with Crippen molar-refractivity contribution >= 4 is 44.4 Å². The fourth-order valence-corrected chi connectivity index (χ4v) is 4.58. The van der Waals surface area contributed by atoms with Crippen molar-refractivity contribution in [1.29, 1.82) is 0 Å². The van der Waals surface area contributed by atoms with E-state index >= 15 is 0 Å². The Kier molecular flexibility index (Phi) is 6.01. The lowest BCUT2D eigenvalue weighted by atomic mass is 10.1.